The lowest BCUT2D eigenvalue weighted by Gasteiger charge is -2.23. The number of carbonyl (C=O) groups excluding carboxylic acids is 2. The highest BCUT2D eigenvalue weighted by molar-refractivity contribution is 5.85. The molecule has 0 aromatic carbocycles. The fourth-order valence-electron chi connectivity index (χ4n) is 3.27. The molecule has 3 N–H and O–H groups in total. The molecule has 0 aliphatic carbocycles. The van der Waals surface area contributed by atoms with Crippen LogP contribution in [0.1, 0.15) is 25.1 Å². The fourth-order valence-corrected chi connectivity index (χ4v) is 3.27. The lowest BCUT2D eigenvalue weighted by atomic mass is 9.91. The first-order chi connectivity index (χ1) is 11.7. The van der Waals surface area contributed by atoms with Gasteiger partial charge in [0.15, 0.2) is 0 Å². The smallest absolute Gasteiger partial charge is 0.267 e. The summed E-state index contributed by atoms with van der Waals surface area (Å²) in [6.45, 7) is 9.16. The highest BCUT2D eigenvalue weighted by Crippen LogP contribution is 2.24. The third kappa shape index (κ3) is 5.54. The largest absolute Gasteiger partial charge is 0.369 e. The van der Waals surface area contributed by atoms with Crippen LogP contribution in [0.15, 0.2) is 10.9 Å². The molecule has 1 aromatic heterocycles. The van der Waals surface area contributed by atoms with Crippen molar-refractivity contribution in [3.8, 4) is 0 Å². The van der Waals surface area contributed by atoms with E-state index < -0.39 is 0 Å². The average Bonchev–Trinajstić information content (AvgIpc) is 2.86. The molecular formula is C17H28ClN5O3. The Hall–Kier alpha value is -1.93. The highest BCUT2D eigenvalue weighted by atomic mass is 35.5. The Bertz CT molecular complexity index is 719. The number of likely N-dealkylation sites (tertiary alicyclic amines) is 1. The van der Waals surface area contributed by atoms with Gasteiger partial charge in [0.2, 0.25) is 11.8 Å². The Labute approximate surface area is 159 Å². The summed E-state index contributed by atoms with van der Waals surface area (Å²) in [5.41, 5.74) is 6.51. The lowest BCUT2D eigenvalue weighted by molar-refractivity contribution is -0.122. The molecule has 2 atom stereocenters. The molecule has 1 aromatic rings. The van der Waals surface area contributed by atoms with Gasteiger partial charge in [-0.25, -0.2) is 4.68 Å². The van der Waals surface area contributed by atoms with Gasteiger partial charge in [-0.3, -0.25) is 19.3 Å². The standard InChI is InChI=1S/C17H27N5O3.ClH/c1-10(2)13-6-21(8-15(18)23)7-14(13)19-16(24)9-22-17(25)5-11(3)12(4)20-22;/h5,10,13-14H,6-9H2,1-4H3,(H2,18,23)(H,19,24);1H/t13-,14+;/m1./s1. The van der Waals surface area contributed by atoms with E-state index in [9.17, 15) is 14.4 Å². The quantitative estimate of drug-likeness (QED) is 0.707. The van der Waals surface area contributed by atoms with Crippen LogP contribution in [0.5, 0.6) is 0 Å². The summed E-state index contributed by atoms with van der Waals surface area (Å²) in [6.07, 6.45) is 0. The molecule has 26 heavy (non-hydrogen) atoms. The van der Waals surface area contributed by atoms with Crippen LogP contribution in [0.3, 0.4) is 0 Å². The van der Waals surface area contributed by atoms with Crippen LogP contribution in [0.2, 0.25) is 0 Å². The van der Waals surface area contributed by atoms with Crippen LogP contribution < -0.4 is 16.6 Å². The minimum atomic E-state index is -0.375. The van der Waals surface area contributed by atoms with Crippen LogP contribution in [0, 0.1) is 25.7 Å². The van der Waals surface area contributed by atoms with E-state index in [4.69, 9.17) is 5.73 Å². The number of nitrogens with zero attached hydrogens (tertiary/aromatic N) is 3. The van der Waals surface area contributed by atoms with Gasteiger partial charge in [-0.15, -0.1) is 12.4 Å². The molecular weight excluding hydrogens is 358 g/mol. The molecule has 2 rings (SSSR count). The Morgan fingerprint density at radius 3 is 2.54 bits per heavy atom. The molecule has 8 nitrogen and oxygen atoms in total. The number of nitrogens with two attached hydrogens (primary N) is 1. The van der Waals surface area contributed by atoms with E-state index in [0.29, 0.717) is 19.0 Å². The van der Waals surface area contributed by atoms with Crippen LogP contribution in [-0.2, 0) is 16.1 Å². The number of halogens is 1. The summed E-state index contributed by atoms with van der Waals surface area (Å²) in [5.74, 6) is -0.0480. The van der Waals surface area contributed by atoms with Gasteiger partial charge in [0.25, 0.3) is 5.56 Å². The predicted molar refractivity (Wildman–Crippen MR) is 101 cm³/mol. The summed E-state index contributed by atoms with van der Waals surface area (Å²) in [4.78, 5) is 37.5. The van der Waals surface area contributed by atoms with Crippen molar-refractivity contribution in [2.24, 2.45) is 17.6 Å². The molecule has 1 aliphatic rings. The molecule has 0 radical (unpaired) electrons. The maximum absolute atomic E-state index is 12.4. The molecule has 2 amide bonds. The molecule has 1 saturated heterocycles. The third-order valence-corrected chi connectivity index (χ3v) is 4.75. The Morgan fingerprint density at radius 1 is 1.31 bits per heavy atom. The highest BCUT2D eigenvalue weighted by Gasteiger charge is 2.35. The van der Waals surface area contributed by atoms with Crippen molar-refractivity contribution in [3.63, 3.8) is 0 Å². The zero-order chi connectivity index (χ0) is 18.7. The average molecular weight is 386 g/mol. The van der Waals surface area contributed by atoms with E-state index >= 15 is 0 Å². The number of amides is 2. The monoisotopic (exact) mass is 385 g/mol. The lowest BCUT2D eigenvalue weighted by Crippen LogP contribution is -2.45. The Balaban J connectivity index is 0.00000338. The van der Waals surface area contributed by atoms with Gasteiger partial charge in [0, 0.05) is 25.2 Å². The maximum atomic E-state index is 12.4. The number of nitrogens with one attached hydrogen (secondary N) is 1. The predicted octanol–water partition coefficient (Wildman–Crippen LogP) is -0.160. The van der Waals surface area contributed by atoms with Crippen LogP contribution in [0.4, 0.5) is 0 Å². The molecule has 2 heterocycles. The van der Waals surface area contributed by atoms with Crippen molar-refractivity contribution in [1.29, 1.82) is 0 Å². The van der Waals surface area contributed by atoms with E-state index in [1.165, 1.54) is 10.7 Å². The van der Waals surface area contributed by atoms with E-state index in [1.807, 2.05) is 11.8 Å². The van der Waals surface area contributed by atoms with E-state index in [-0.39, 0.29) is 54.8 Å². The van der Waals surface area contributed by atoms with Crippen molar-refractivity contribution in [3.05, 3.63) is 27.7 Å². The fraction of sp³-hybridized carbons (Fsp3) is 0.647. The number of aryl methyl sites for hydroxylation is 2. The van der Waals surface area contributed by atoms with Crippen molar-refractivity contribution in [2.45, 2.75) is 40.3 Å². The maximum Gasteiger partial charge on any atom is 0.267 e. The van der Waals surface area contributed by atoms with Crippen molar-refractivity contribution in [1.82, 2.24) is 20.0 Å². The first-order valence-corrected chi connectivity index (χ1v) is 8.52. The zero-order valence-electron chi connectivity index (χ0n) is 15.7. The van der Waals surface area contributed by atoms with Crippen LogP contribution >= 0.6 is 12.4 Å². The normalized spacial score (nSPS) is 20.0. The second-order valence-corrected chi connectivity index (χ2v) is 7.15. The summed E-state index contributed by atoms with van der Waals surface area (Å²) in [5, 5.41) is 7.16. The Morgan fingerprint density at radius 2 is 1.96 bits per heavy atom. The molecule has 0 spiro atoms. The molecule has 0 bridgehead atoms. The minimum absolute atomic E-state index is 0. The topological polar surface area (TPSA) is 110 Å². The molecule has 146 valence electrons. The number of primary amides is 1. The van der Waals surface area contributed by atoms with Gasteiger partial charge < -0.3 is 11.1 Å². The number of hydrogen-bond acceptors (Lipinski definition) is 5. The van der Waals surface area contributed by atoms with Gasteiger partial charge in [-0.05, 0) is 31.2 Å². The molecule has 0 saturated carbocycles. The van der Waals surface area contributed by atoms with E-state index in [2.05, 4.69) is 24.3 Å². The first kappa shape index (κ1) is 22.1. The third-order valence-electron chi connectivity index (χ3n) is 4.75. The molecule has 9 heteroatoms. The molecule has 1 fully saturated rings. The van der Waals surface area contributed by atoms with Gasteiger partial charge in [-0.1, -0.05) is 13.8 Å². The van der Waals surface area contributed by atoms with Crippen LogP contribution in [0.25, 0.3) is 0 Å². The second-order valence-electron chi connectivity index (χ2n) is 7.15. The van der Waals surface area contributed by atoms with Gasteiger partial charge in [-0.2, -0.15) is 5.10 Å². The second kappa shape index (κ2) is 9.14. The first-order valence-electron chi connectivity index (χ1n) is 8.52. The Kier molecular flexibility index (Phi) is 7.77. The summed E-state index contributed by atoms with van der Waals surface area (Å²) >= 11 is 0. The van der Waals surface area contributed by atoms with Crippen molar-refractivity contribution >= 4 is 24.2 Å². The van der Waals surface area contributed by atoms with Crippen molar-refractivity contribution < 1.29 is 9.59 Å². The summed E-state index contributed by atoms with van der Waals surface area (Å²) < 4.78 is 1.18. The number of rotatable bonds is 6. The van der Waals surface area contributed by atoms with E-state index in [0.717, 1.165) is 11.3 Å². The van der Waals surface area contributed by atoms with E-state index in [1.54, 1.807) is 6.92 Å². The SMILES string of the molecule is Cc1cc(=O)n(CC(=O)N[C@H]2CN(CC(N)=O)C[C@@H]2C(C)C)nc1C.Cl. The summed E-state index contributed by atoms with van der Waals surface area (Å²) in [6, 6.07) is 1.41. The molecule has 1 aliphatic heterocycles. The molecule has 0 unspecified atom stereocenters. The van der Waals surface area contributed by atoms with Gasteiger partial charge in [0.1, 0.15) is 6.54 Å². The minimum Gasteiger partial charge on any atom is -0.369 e. The van der Waals surface area contributed by atoms with Crippen LogP contribution in [-0.4, -0.2) is 52.2 Å². The van der Waals surface area contributed by atoms with Gasteiger partial charge in [0.05, 0.1) is 12.2 Å². The zero-order valence-corrected chi connectivity index (χ0v) is 16.5. The van der Waals surface area contributed by atoms with Crippen molar-refractivity contribution in [2.75, 3.05) is 19.6 Å². The number of carbonyl (C=O) groups is 2. The summed E-state index contributed by atoms with van der Waals surface area (Å²) in [7, 11) is 0. The number of aromatic nitrogens is 2. The number of hydrogen-bond donors (Lipinski definition) is 2. The van der Waals surface area contributed by atoms with Gasteiger partial charge >= 0.3 is 0 Å².